The van der Waals surface area contributed by atoms with Crippen LogP contribution in [0.5, 0.6) is 5.75 Å². The fourth-order valence-electron chi connectivity index (χ4n) is 2.14. The first kappa shape index (κ1) is 10.5. The maximum Gasteiger partial charge on any atom is 0.315 e. The number of para-hydroxylation sites is 1. The van der Waals surface area contributed by atoms with Crippen molar-refractivity contribution in [2.75, 3.05) is 0 Å². The summed E-state index contributed by atoms with van der Waals surface area (Å²) in [4.78, 5) is 13.1. The van der Waals surface area contributed by atoms with E-state index in [1.807, 2.05) is 35.7 Å². The van der Waals surface area contributed by atoms with Gasteiger partial charge in [0.1, 0.15) is 5.75 Å². The molecule has 0 spiro atoms. The van der Waals surface area contributed by atoms with E-state index in [9.17, 15) is 4.79 Å². The molecule has 17 heavy (non-hydrogen) atoms. The highest BCUT2D eigenvalue weighted by Gasteiger charge is 2.28. The molecule has 1 aromatic carbocycles. The van der Waals surface area contributed by atoms with Crippen LogP contribution in [0, 0.1) is 5.92 Å². The second-order valence-corrected chi connectivity index (χ2v) is 5.25. The van der Waals surface area contributed by atoms with E-state index in [-0.39, 0.29) is 11.9 Å². The number of esters is 1. The summed E-state index contributed by atoms with van der Waals surface area (Å²) in [5.74, 6) is 0.584. The lowest BCUT2D eigenvalue weighted by Crippen LogP contribution is -2.29. The van der Waals surface area contributed by atoms with Crippen LogP contribution in [0.25, 0.3) is 0 Å². The Morgan fingerprint density at radius 3 is 2.94 bits per heavy atom. The second-order valence-electron chi connectivity index (χ2n) is 4.21. The van der Waals surface area contributed by atoms with Gasteiger partial charge >= 0.3 is 5.97 Å². The zero-order valence-corrected chi connectivity index (χ0v) is 10.1. The van der Waals surface area contributed by atoms with Gasteiger partial charge in [-0.1, -0.05) is 24.3 Å². The van der Waals surface area contributed by atoms with Gasteiger partial charge in [0.2, 0.25) is 0 Å². The predicted octanol–water partition coefficient (Wildman–Crippen LogP) is 3.07. The molecule has 2 aromatic rings. The van der Waals surface area contributed by atoms with Crippen molar-refractivity contribution >= 4 is 17.3 Å². The Morgan fingerprint density at radius 2 is 2.12 bits per heavy atom. The summed E-state index contributed by atoms with van der Waals surface area (Å²) in [6.07, 6.45) is 1.57. The molecule has 0 saturated carbocycles. The van der Waals surface area contributed by atoms with E-state index < -0.39 is 0 Å². The molecule has 0 saturated heterocycles. The van der Waals surface area contributed by atoms with E-state index in [1.54, 1.807) is 11.3 Å². The average Bonchev–Trinajstić information content (AvgIpc) is 2.83. The molecule has 0 bridgehead atoms. The van der Waals surface area contributed by atoms with Crippen molar-refractivity contribution in [1.82, 2.24) is 0 Å². The van der Waals surface area contributed by atoms with Gasteiger partial charge in [0.25, 0.3) is 0 Å². The third-order valence-electron chi connectivity index (χ3n) is 3.01. The molecule has 0 N–H and O–H groups in total. The molecule has 1 aliphatic heterocycles. The van der Waals surface area contributed by atoms with Gasteiger partial charge in [-0.25, -0.2) is 0 Å². The molecular formula is C14H12O2S. The van der Waals surface area contributed by atoms with Crippen LogP contribution in [0.2, 0.25) is 0 Å². The molecule has 0 unspecified atom stereocenters. The molecule has 1 aliphatic rings. The van der Waals surface area contributed by atoms with Crippen molar-refractivity contribution < 1.29 is 9.53 Å². The van der Waals surface area contributed by atoms with E-state index in [2.05, 4.69) is 6.07 Å². The summed E-state index contributed by atoms with van der Waals surface area (Å²) < 4.78 is 5.36. The number of fused-ring (bicyclic) bond motifs is 1. The Morgan fingerprint density at radius 1 is 1.24 bits per heavy atom. The van der Waals surface area contributed by atoms with Crippen molar-refractivity contribution in [2.24, 2.45) is 5.92 Å². The van der Waals surface area contributed by atoms with Crippen LogP contribution in [0.1, 0.15) is 10.4 Å². The Balaban J connectivity index is 1.82. The second kappa shape index (κ2) is 4.34. The smallest absolute Gasteiger partial charge is 0.315 e. The van der Waals surface area contributed by atoms with E-state index in [1.165, 1.54) is 4.88 Å². The Labute approximate surface area is 104 Å². The first-order chi connectivity index (χ1) is 8.33. The van der Waals surface area contributed by atoms with E-state index in [0.29, 0.717) is 0 Å². The minimum absolute atomic E-state index is 0.0384. The molecule has 86 valence electrons. The molecule has 1 atom stereocenters. The zero-order valence-electron chi connectivity index (χ0n) is 9.26. The van der Waals surface area contributed by atoms with E-state index in [0.717, 1.165) is 24.2 Å². The summed E-state index contributed by atoms with van der Waals surface area (Å²) in [6, 6.07) is 11.9. The minimum atomic E-state index is -0.0999. The lowest BCUT2D eigenvalue weighted by atomic mass is 9.93. The Hall–Kier alpha value is -1.61. The number of hydrogen-bond donors (Lipinski definition) is 0. The molecule has 0 amide bonds. The molecule has 3 heteroatoms. The van der Waals surface area contributed by atoms with Crippen molar-refractivity contribution in [2.45, 2.75) is 12.8 Å². The fraction of sp³-hybridized carbons (Fsp3) is 0.214. The highest BCUT2D eigenvalue weighted by atomic mass is 32.1. The molecule has 0 fully saturated rings. The van der Waals surface area contributed by atoms with Gasteiger partial charge in [-0.2, -0.15) is 0 Å². The number of ether oxygens (including phenoxy) is 1. The van der Waals surface area contributed by atoms with Crippen LogP contribution < -0.4 is 4.74 Å². The SMILES string of the molecule is O=C1Oc2ccccc2C[C@@H]1Cc1cccs1. The summed E-state index contributed by atoms with van der Waals surface area (Å²) in [5, 5.41) is 2.04. The Bertz CT molecular complexity index is 531. The zero-order chi connectivity index (χ0) is 11.7. The van der Waals surface area contributed by atoms with Gasteiger partial charge in [-0.05, 0) is 35.9 Å². The summed E-state index contributed by atoms with van der Waals surface area (Å²) in [7, 11) is 0. The van der Waals surface area contributed by atoms with Crippen LogP contribution in [0.3, 0.4) is 0 Å². The molecule has 2 nitrogen and oxygen atoms in total. The van der Waals surface area contributed by atoms with E-state index in [4.69, 9.17) is 4.74 Å². The topological polar surface area (TPSA) is 26.3 Å². The normalized spacial score (nSPS) is 18.6. The third kappa shape index (κ3) is 2.11. The number of rotatable bonds is 2. The lowest BCUT2D eigenvalue weighted by molar-refractivity contribution is -0.140. The van der Waals surface area contributed by atoms with Gasteiger partial charge in [-0.15, -0.1) is 11.3 Å². The maximum atomic E-state index is 11.9. The molecule has 0 aliphatic carbocycles. The van der Waals surface area contributed by atoms with Gasteiger partial charge < -0.3 is 4.74 Å². The molecule has 0 radical (unpaired) electrons. The number of carbonyl (C=O) groups is 1. The van der Waals surface area contributed by atoms with Crippen LogP contribution in [0.15, 0.2) is 41.8 Å². The van der Waals surface area contributed by atoms with Gasteiger partial charge in [0.15, 0.2) is 0 Å². The monoisotopic (exact) mass is 244 g/mol. The molecule has 2 heterocycles. The third-order valence-corrected chi connectivity index (χ3v) is 3.91. The number of hydrogen-bond acceptors (Lipinski definition) is 3. The van der Waals surface area contributed by atoms with Crippen molar-refractivity contribution in [3.8, 4) is 5.75 Å². The number of benzene rings is 1. The summed E-state index contributed by atoms with van der Waals surface area (Å²) >= 11 is 1.69. The van der Waals surface area contributed by atoms with Crippen molar-refractivity contribution in [3.63, 3.8) is 0 Å². The standard InChI is InChI=1S/C14H12O2S/c15-14-11(9-12-5-3-7-17-12)8-10-4-1-2-6-13(10)16-14/h1-7,11H,8-9H2/t11-/m1/s1. The number of thiophene rings is 1. The molecule has 1 aromatic heterocycles. The van der Waals surface area contributed by atoms with Crippen LogP contribution >= 0.6 is 11.3 Å². The highest BCUT2D eigenvalue weighted by molar-refractivity contribution is 7.09. The van der Waals surface area contributed by atoms with Crippen molar-refractivity contribution in [1.29, 1.82) is 0 Å². The Kier molecular flexibility index (Phi) is 2.69. The predicted molar refractivity (Wildman–Crippen MR) is 67.3 cm³/mol. The molecule has 3 rings (SSSR count). The molecular weight excluding hydrogens is 232 g/mol. The minimum Gasteiger partial charge on any atom is -0.426 e. The van der Waals surface area contributed by atoms with Gasteiger partial charge in [0, 0.05) is 4.88 Å². The van der Waals surface area contributed by atoms with Gasteiger partial charge in [0.05, 0.1) is 5.92 Å². The summed E-state index contributed by atoms with van der Waals surface area (Å²) in [5.41, 5.74) is 1.13. The van der Waals surface area contributed by atoms with Crippen LogP contribution in [-0.4, -0.2) is 5.97 Å². The van der Waals surface area contributed by atoms with Crippen molar-refractivity contribution in [3.05, 3.63) is 52.2 Å². The quantitative estimate of drug-likeness (QED) is 0.599. The first-order valence-corrected chi connectivity index (χ1v) is 6.53. The summed E-state index contributed by atoms with van der Waals surface area (Å²) in [6.45, 7) is 0. The average molecular weight is 244 g/mol. The van der Waals surface area contributed by atoms with Gasteiger partial charge in [-0.3, -0.25) is 4.79 Å². The van der Waals surface area contributed by atoms with Crippen LogP contribution in [0.4, 0.5) is 0 Å². The fourth-order valence-corrected chi connectivity index (χ4v) is 2.93. The first-order valence-electron chi connectivity index (χ1n) is 5.65. The largest absolute Gasteiger partial charge is 0.426 e. The maximum absolute atomic E-state index is 11.9. The van der Waals surface area contributed by atoms with E-state index >= 15 is 0 Å². The van der Waals surface area contributed by atoms with Crippen LogP contribution in [-0.2, 0) is 17.6 Å². The lowest BCUT2D eigenvalue weighted by Gasteiger charge is -2.22. The highest BCUT2D eigenvalue weighted by Crippen LogP contribution is 2.30. The number of carbonyl (C=O) groups excluding carboxylic acids is 1.